The second-order valence-corrected chi connectivity index (χ2v) is 7.40. The van der Waals surface area contributed by atoms with Crippen LogP contribution in [0.1, 0.15) is 32.4 Å². The fraction of sp³-hybridized carbons (Fsp3) is 0.400. The van der Waals surface area contributed by atoms with E-state index < -0.39 is 11.9 Å². The van der Waals surface area contributed by atoms with E-state index in [2.05, 4.69) is 30.2 Å². The molecule has 1 N–H and O–H groups in total. The number of carbonyl (C=O) groups is 1. The van der Waals surface area contributed by atoms with Crippen molar-refractivity contribution in [1.29, 1.82) is 0 Å². The molecule has 31 heavy (non-hydrogen) atoms. The van der Waals surface area contributed by atoms with Crippen molar-refractivity contribution in [2.75, 3.05) is 19.4 Å². The van der Waals surface area contributed by atoms with Gasteiger partial charge < -0.3 is 10.2 Å². The molecule has 0 bridgehead atoms. The second-order valence-electron chi connectivity index (χ2n) is 7.40. The van der Waals surface area contributed by atoms with Crippen LogP contribution in [-0.4, -0.2) is 50.6 Å². The first-order valence-electron chi connectivity index (χ1n) is 9.56. The van der Waals surface area contributed by atoms with Gasteiger partial charge in [0.2, 0.25) is 5.95 Å². The van der Waals surface area contributed by atoms with E-state index in [0.717, 1.165) is 24.6 Å². The number of halogens is 3. The summed E-state index contributed by atoms with van der Waals surface area (Å²) in [5, 5.41) is 3.02. The predicted molar refractivity (Wildman–Crippen MR) is 110 cm³/mol. The van der Waals surface area contributed by atoms with Crippen LogP contribution in [-0.2, 0) is 11.0 Å². The Morgan fingerprint density at radius 3 is 2.48 bits per heavy atom. The van der Waals surface area contributed by atoms with Gasteiger partial charge in [0.15, 0.2) is 5.82 Å². The smallest absolute Gasteiger partial charge is 0.344 e. The Balaban J connectivity index is 2.04. The third-order valence-corrected chi connectivity index (χ3v) is 4.29. The van der Waals surface area contributed by atoms with Crippen molar-refractivity contribution in [1.82, 2.24) is 24.8 Å². The average molecular weight is 433 g/mol. The van der Waals surface area contributed by atoms with E-state index in [1.807, 2.05) is 13.0 Å². The van der Waals surface area contributed by atoms with E-state index in [-0.39, 0.29) is 35.0 Å². The van der Waals surface area contributed by atoms with Gasteiger partial charge in [0, 0.05) is 19.8 Å². The highest BCUT2D eigenvalue weighted by atomic mass is 19.4. The number of aromatic nitrogens is 4. The molecule has 164 valence electrons. The maximum Gasteiger partial charge on any atom is 0.433 e. The van der Waals surface area contributed by atoms with E-state index >= 15 is 0 Å². The summed E-state index contributed by atoms with van der Waals surface area (Å²) in [6.07, 6.45) is -0.354. The Morgan fingerprint density at radius 2 is 1.87 bits per heavy atom. The average Bonchev–Trinajstić information content (AvgIpc) is 3.50. The van der Waals surface area contributed by atoms with Gasteiger partial charge in [0.1, 0.15) is 17.1 Å². The Morgan fingerprint density at radius 1 is 1.16 bits per heavy atom. The lowest BCUT2D eigenvalue weighted by Gasteiger charge is -2.11. The van der Waals surface area contributed by atoms with Crippen molar-refractivity contribution < 1.29 is 18.0 Å². The van der Waals surface area contributed by atoms with Crippen molar-refractivity contribution in [3.63, 3.8) is 0 Å². The quantitative estimate of drug-likeness (QED) is 0.695. The molecule has 0 atom stereocenters. The highest BCUT2D eigenvalue weighted by Gasteiger charge is 2.32. The first kappa shape index (κ1) is 22.3. The van der Waals surface area contributed by atoms with Crippen molar-refractivity contribution in [2.45, 2.75) is 32.9 Å². The highest BCUT2D eigenvalue weighted by molar-refractivity contribution is 6.38. The van der Waals surface area contributed by atoms with Gasteiger partial charge in [0.05, 0.1) is 0 Å². The van der Waals surface area contributed by atoms with Gasteiger partial charge in [-0.3, -0.25) is 4.79 Å². The molecule has 1 fully saturated rings. The lowest BCUT2D eigenvalue weighted by Crippen LogP contribution is -2.28. The van der Waals surface area contributed by atoms with Gasteiger partial charge in [-0.25, -0.2) is 9.98 Å². The number of rotatable bonds is 6. The third-order valence-electron chi connectivity index (χ3n) is 4.29. The van der Waals surface area contributed by atoms with Gasteiger partial charge in [-0.05, 0) is 44.7 Å². The van der Waals surface area contributed by atoms with Gasteiger partial charge in [-0.1, -0.05) is 12.1 Å². The van der Waals surface area contributed by atoms with E-state index in [4.69, 9.17) is 0 Å². The zero-order valence-electron chi connectivity index (χ0n) is 17.5. The molecule has 1 saturated carbocycles. The number of pyridine rings is 1. The van der Waals surface area contributed by atoms with E-state index in [9.17, 15) is 18.0 Å². The zero-order chi connectivity index (χ0) is 22.8. The number of nitrogens with one attached hydrogen (secondary N) is 1. The fourth-order valence-corrected chi connectivity index (χ4v) is 2.66. The first-order valence-corrected chi connectivity index (χ1v) is 9.56. The van der Waals surface area contributed by atoms with E-state index in [0.29, 0.717) is 5.92 Å². The minimum atomic E-state index is -4.61. The molecule has 0 saturated heterocycles. The first-order chi connectivity index (χ1) is 14.5. The molecule has 1 amide bonds. The van der Waals surface area contributed by atoms with Crippen LogP contribution >= 0.6 is 0 Å². The lowest BCUT2D eigenvalue weighted by atomic mass is 10.3. The Kier molecular flexibility index (Phi) is 6.32. The second kappa shape index (κ2) is 8.78. The van der Waals surface area contributed by atoms with Crippen LogP contribution in [0.25, 0.3) is 11.5 Å². The summed E-state index contributed by atoms with van der Waals surface area (Å²) < 4.78 is 39.2. The fourth-order valence-electron chi connectivity index (χ4n) is 2.66. The number of aliphatic imine (C=N–C) groups is 1. The summed E-state index contributed by atoms with van der Waals surface area (Å²) >= 11 is 0. The molecule has 0 spiro atoms. The summed E-state index contributed by atoms with van der Waals surface area (Å²) in [6.45, 7) is 3.34. The number of anilines is 1. The number of hydrogen-bond donors (Lipinski definition) is 1. The van der Waals surface area contributed by atoms with Gasteiger partial charge >= 0.3 is 6.18 Å². The number of alkyl halides is 3. The van der Waals surface area contributed by atoms with Crippen molar-refractivity contribution >= 4 is 23.5 Å². The summed E-state index contributed by atoms with van der Waals surface area (Å²) in [7, 11) is 3.15. The summed E-state index contributed by atoms with van der Waals surface area (Å²) in [5.41, 5.74) is -0.228. The minimum absolute atomic E-state index is 0.0860. The van der Waals surface area contributed by atoms with Crippen LogP contribution in [0, 0.1) is 5.92 Å². The zero-order valence-corrected chi connectivity index (χ0v) is 17.5. The maximum absolute atomic E-state index is 13.1. The normalized spacial score (nSPS) is 15.1. The SMILES string of the molecule is CC(=CC1CC1)Nc1nc(/N=C(\C)C(=O)N(C)C)nc(-c2cccc(C(F)(F)F)n2)n1. The molecular weight excluding hydrogens is 411 g/mol. The predicted octanol–water partition coefficient (Wildman–Crippen LogP) is 3.86. The Bertz CT molecular complexity index is 1040. The van der Waals surface area contributed by atoms with Gasteiger partial charge in [-0.2, -0.15) is 28.1 Å². The molecule has 0 unspecified atom stereocenters. The summed E-state index contributed by atoms with van der Waals surface area (Å²) in [4.78, 5) is 33.7. The standard InChI is InChI=1S/C20H22F3N7O/c1-11(10-13-8-9-13)24-18-27-16(14-6-5-7-15(26-14)20(21,22)23)28-19(29-18)25-12(2)17(31)30(3)4/h5-7,10,13H,8-9H2,1-4H3,(H,24,27,28,29)/b11-10?,25-12+. The molecular formula is C20H22F3N7O. The molecule has 1 aliphatic carbocycles. The number of amides is 1. The number of carbonyl (C=O) groups excluding carboxylic acids is 1. The minimum Gasteiger partial charge on any atom is -0.344 e. The van der Waals surface area contributed by atoms with Crippen molar-refractivity contribution in [3.8, 4) is 11.5 Å². The largest absolute Gasteiger partial charge is 0.433 e. The molecule has 3 rings (SSSR count). The number of allylic oxidation sites excluding steroid dienone is 2. The van der Waals surface area contributed by atoms with Gasteiger partial charge in [-0.15, -0.1) is 0 Å². The van der Waals surface area contributed by atoms with Crippen LogP contribution in [0.4, 0.5) is 25.1 Å². The summed E-state index contributed by atoms with van der Waals surface area (Å²) in [5.74, 6) is 0.0441. The molecule has 2 heterocycles. The molecule has 0 aromatic carbocycles. The highest BCUT2D eigenvalue weighted by Crippen LogP contribution is 2.32. The molecule has 2 aromatic rings. The number of hydrogen-bond acceptors (Lipinski definition) is 7. The van der Waals surface area contributed by atoms with E-state index in [1.54, 1.807) is 14.1 Å². The molecule has 0 aliphatic heterocycles. The molecule has 2 aromatic heterocycles. The van der Waals surface area contributed by atoms with Crippen LogP contribution in [0.3, 0.4) is 0 Å². The maximum atomic E-state index is 13.1. The van der Waals surface area contributed by atoms with E-state index in [1.165, 1.54) is 24.0 Å². The Hall–Kier alpha value is -3.37. The Labute approximate surface area is 177 Å². The molecule has 0 radical (unpaired) electrons. The van der Waals surface area contributed by atoms with Crippen LogP contribution in [0.2, 0.25) is 0 Å². The van der Waals surface area contributed by atoms with Crippen molar-refractivity contribution in [2.24, 2.45) is 10.9 Å². The van der Waals surface area contributed by atoms with Crippen LogP contribution < -0.4 is 5.32 Å². The van der Waals surface area contributed by atoms with Crippen molar-refractivity contribution in [3.05, 3.63) is 35.7 Å². The summed E-state index contributed by atoms with van der Waals surface area (Å²) in [6, 6.07) is 3.46. The van der Waals surface area contributed by atoms with Crippen LogP contribution in [0.15, 0.2) is 35.0 Å². The third kappa shape index (κ3) is 6.06. The lowest BCUT2D eigenvalue weighted by molar-refractivity contribution is -0.141. The molecule has 11 heteroatoms. The van der Waals surface area contributed by atoms with Gasteiger partial charge in [0.25, 0.3) is 11.9 Å². The van der Waals surface area contributed by atoms with Crippen LogP contribution in [0.5, 0.6) is 0 Å². The topological polar surface area (TPSA) is 96.3 Å². The number of nitrogens with zero attached hydrogens (tertiary/aromatic N) is 6. The monoisotopic (exact) mass is 433 g/mol. The molecule has 1 aliphatic rings. The molecule has 8 nitrogen and oxygen atoms in total.